The second kappa shape index (κ2) is 6.66. The molecule has 0 saturated heterocycles. The minimum Gasteiger partial charge on any atom is -0.353 e. The van der Waals surface area contributed by atoms with Crippen molar-refractivity contribution in [3.8, 4) is 0 Å². The number of amides is 1. The van der Waals surface area contributed by atoms with Crippen molar-refractivity contribution in [1.82, 2.24) is 14.9 Å². The molecule has 5 heteroatoms. The summed E-state index contributed by atoms with van der Waals surface area (Å²) in [6.07, 6.45) is 5.09. The van der Waals surface area contributed by atoms with E-state index in [0.29, 0.717) is 11.8 Å². The van der Waals surface area contributed by atoms with Gasteiger partial charge in [0.2, 0.25) is 5.91 Å². The predicted octanol–water partition coefficient (Wildman–Crippen LogP) is 3.23. The number of aryl methyl sites for hydroxylation is 1. The summed E-state index contributed by atoms with van der Waals surface area (Å²) in [4.78, 5) is 16.4. The van der Waals surface area contributed by atoms with Gasteiger partial charge in [-0.05, 0) is 40.5 Å². The van der Waals surface area contributed by atoms with Crippen LogP contribution in [-0.4, -0.2) is 27.3 Å². The Morgan fingerprint density at radius 3 is 2.65 bits per heavy atom. The Balaban J connectivity index is 2.07. The van der Waals surface area contributed by atoms with E-state index in [9.17, 15) is 4.79 Å². The average molecular weight is 295 g/mol. The maximum Gasteiger partial charge on any atom is 0.230 e. The first kappa shape index (κ1) is 15.4. The van der Waals surface area contributed by atoms with E-state index in [1.165, 1.54) is 31.4 Å². The molecule has 0 unspecified atom stereocenters. The standard InChI is InChI=1S/C15H25N3OS/c1-10(2)16-14(19)9-20-15-17-11(3)12(4)18(15)13-7-5-6-8-13/h10,13H,5-9H2,1-4H3,(H,16,19). The van der Waals surface area contributed by atoms with E-state index in [2.05, 4.69) is 28.7 Å². The highest BCUT2D eigenvalue weighted by Crippen LogP contribution is 2.35. The molecular formula is C15H25N3OS. The maximum absolute atomic E-state index is 11.8. The minimum atomic E-state index is 0.0845. The molecule has 1 N–H and O–H groups in total. The second-order valence-corrected chi connectivity index (χ2v) is 6.83. The summed E-state index contributed by atoms with van der Waals surface area (Å²) < 4.78 is 2.36. The van der Waals surface area contributed by atoms with Gasteiger partial charge in [-0.3, -0.25) is 4.79 Å². The Kier molecular flexibility index (Phi) is 5.13. The zero-order chi connectivity index (χ0) is 14.7. The summed E-state index contributed by atoms with van der Waals surface area (Å²) in [6.45, 7) is 8.16. The lowest BCUT2D eigenvalue weighted by molar-refractivity contribution is -0.119. The molecule has 1 aliphatic carbocycles. The van der Waals surface area contributed by atoms with Gasteiger partial charge in [0.05, 0.1) is 11.4 Å². The molecule has 0 aromatic carbocycles. The summed E-state index contributed by atoms with van der Waals surface area (Å²) in [6, 6.07) is 0.771. The van der Waals surface area contributed by atoms with E-state index in [-0.39, 0.29) is 11.9 Å². The third kappa shape index (κ3) is 3.57. The van der Waals surface area contributed by atoms with Crippen molar-refractivity contribution in [2.45, 2.75) is 70.6 Å². The molecular weight excluding hydrogens is 270 g/mol. The molecule has 0 atom stereocenters. The van der Waals surface area contributed by atoms with Crippen LogP contribution in [0.15, 0.2) is 5.16 Å². The summed E-state index contributed by atoms with van der Waals surface area (Å²) in [5.41, 5.74) is 2.34. The van der Waals surface area contributed by atoms with Gasteiger partial charge in [0, 0.05) is 17.8 Å². The van der Waals surface area contributed by atoms with Crippen LogP contribution in [0.25, 0.3) is 0 Å². The number of thioether (sulfide) groups is 1. The third-order valence-electron chi connectivity index (χ3n) is 3.83. The van der Waals surface area contributed by atoms with Crippen LogP contribution in [0, 0.1) is 13.8 Å². The lowest BCUT2D eigenvalue weighted by Crippen LogP contribution is -2.31. The monoisotopic (exact) mass is 295 g/mol. The largest absolute Gasteiger partial charge is 0.353 e. The topological polar surface area (TPSA) is 46.9 Å². The molecule has 4 nitrogen and oxygen atoms in total. The van der Waals surface area contributed by atoms with Crippen LogP contribution in [0.3, 0.4) is 0 Å². The number of carbonyl (C=O) groups is 1. The minimum absolute atomic E-state index is 0.0845. The Morgan fingerprint density at radius 1 is 1.40 bits per heavy atom. The van der Waals surface area contributed by atoms with Crippen molar-refractivity contribution in [2.24, 2.45) is 0 Å². The van der Waals surface area contributed by atoms with Gasteiger partial charge < -0.3 is 9.88 Å². The quantitative estimate of drug-likeness (QED) is 0.848. The molecule has 0 bridgehead atoms. The normalized spacial score (nSPS) is 16.1. The molecule has 2 rings (SSSR count). The summed E-state index contributed by atoms with van der Waals surface area (Å²) in [5, 5.41) is 3.93. The van der Waals surface area contributed by atoms with Crippen LogP contribution in [0.2, 0.25) is 0 Å². The molecule has 1 fully saturated rings. The van der Waals surface area contributed by atoms with Crippen LogP contribution in [0.5, 0.6) is 0 Å². The zero-order valence-electron chi connectivity index (χ0n) is 12.9. The van der Waals surface area contributed by atoms with Crippen molar-refractivity contribution in [1.29, 1.82) is 0 Å². The van der Waals surface area contributed by atoms with Gasteiger partial charge in [-0.25, -0.2) is 4.98 Å². The number of nitrogens with zero attached hydrogens (tertiary/aromatic N) is 2. The van der Waals surface area contributed by atoms with Gasteiger partial charge in [-0.1, -0.05) is 24.6 Å². The van der Waals surface area contributed by atoms with Gasteiger partial charge in [-0.15, -0.1) is 0 Å². The van der Waals surface area contributed by atoms with Crippen LogP contribution < -0.4 is 5.32 Å². The highest BCUT2D eigenvalue weighted by atomic mass is 32.2. The Bertz CT molecular complexity index is 476. The number of aromatic nitrogens is 2. The fraction of sp³-hybridized carbons (Fsp3) is 0.733. The molecule has 1 aromatic heterocycles. The molecule has 0 aliphatic heterocycles. The van der Waals surface area contributed by atoms with Crippen LogP contribution >= 0.6 is 11.8 Å². The van der Waals surface area contributed by atoms with Gasteiger partial charge in [0.25, 0.3) is 0 Å². The number of hydrogen-bond donors (Lipinski definition) is 1. The van der Waals surface area contributed by atoms with Crippen molar-refractivity contribution < 1.29 is 4.79 Å². The van der Waals surface area contributed by atoms with E-state index in [0.717, 1.165) is 10.9 Å². The molecule has 1 aromatic rings. The van der Waals surface area contributed by atoms with Crippen LogP contribution in [-0.2, 0) is 4.79 Å². The van der Waals surface area contributed by atoms with Gasteiger partial charge >= 0.3 is 0 Å². The van der Waals surface area contributed by atoms with E-state index in [1.54, 1.807) is 11.8 Å². The zero-order valence-corrected chi connectivity index (χ0v) is 13.7. The number of rotatable bonds is 5. The van der Waals surface area contributed by atoms with Crippen molar-refractivity contribution in [3.63, 3.8) is 0 Å². The van der Waals surface area contributed by atoms with Crippen molar-refractivity contribution >= 4 is 17.7 Å². The molecule has 0 radical (unpaired) electrons. The lowest BCUT2D eigenvalue weighted by atomic mass is 10.2. The Hall–Kier alpha value is -0.970. The van der Waals surface area contributed by atoms with Crippen molar-refractivity contribution in [2.75, 3.05) is 5.75 Å². The molecule has 0 spiro atoms. The average Bonchev–Trinajstić information content (AvgIpc) is 2.96. The Labute approximate surface area is 125 Å². The van der Waals surface area contributed by atoms with E-state index in [1.807, 2.05) is 13.8 Å². The number of carbonyl (C=O) groups excluding carboxylic acids is 1. The summed E-state index contributed by atoms with van der Waals surface area (Å²) in [7, 11) is 0. The van der Waals surface area contributed by atoms with E-state index < -0.39 is 0 Å². The summed E-state index contributed by atoms with van der Waals surface area (Å²) >= 11 is 1.56. The number of hydrogen-bond acceptors (Lipinski definition) is 3. The smallest absolute Gasteiger partial charge is 0.230 e. The van der Waals surface area contributed by atoms with Crippen LogP contribution in [0.4, 0.5) is 0 Å². The van der Waals surface area contributed by atoms with E-state index in [4.69, 9.17) is 0 Å². The molecule has 112 valence electrons. The maximum atomic E-state index is 11.8. The van der Waals surface area contributed by atoms with Crippen molar-refractivity contribution in [3.05, 3.63) is 11.4 Å². The van der Waals surface area contributed by atoms with Crippen LogP contribution in [0.1, 0.15) is 57.0 Å². The third-order valence-corrected chi connectivity index (χ3v) is 4.78. The fourth-order valence-electron chi connectivity index (χ4n) is 2.78. The molecule has 20 heavy (non-hydrogen) atoms. The fourth-order valence-corrected chi connectivity index (χ4v) is 3.75. The highest BCUT2D eigenvalue weighted by Gasteiger charge is 2.23. The van der Waals surface area contributed by atoms with Gasteiger partial charge in [-0.2, -0.15) is 0 Å². The van der Waals surface area contributed by atoms with Gasteiger partial charge in [0.1, 0.15) is 0 Å². The highest BCUT2D eigenvalue weighted by molar-refractivity contribution is 7.99. The van der Waals surface area contributed by atoms with E-state index >= 15 is 0 Å². The Morgan fingerprint density at radius 2 is 2.05 bits per heavy atom. The number of imidazole rings is 1. The second-order valence-electron chi connectivity index (χ2n) is 5.88. The first-order valence-electron chi connectivity index (χ1n) is 7.46. The first-order chi connectivity index (χ1) is 9.49. The first-order valence-corrected chi connectivity index (χ1v) is 8.45. The summed E-state index contributed by atoms with van der Waals surface area (Å²) in [5.74, 6) is 0.530. The molecule has 1 saturated carbocycles. The molecule has 1 heterocycles. The lowest BCUT2D eigenvalue weighted by Gasteiger charge is -2.17. The van der Waals surface area contributed by atoms with Gasteiger partial charge in [0.15, 0.2) is 5.16 Å². The SMILES string of the molecule is Cc1nc(SCC(=O)NC(C)C)n(C2CCCC2)c1C. The molecule has 1 amide bonds. The molecule has 1 aliphatic rings. The number of nitrogens with one attached hydrogen (secondary N) is 1. The predicted molar refractivity (Wildman–Crippen MR) is 83.2 cm³/mol.